The number of nitrogens with zero attached hydrogens (tertiary/aromatic N) is 1. The summed E-state index contributed by atoms with van der Waals surface area (Å²) >= 11 is 0. The van der Waals surface area contributed by atoms with Crippen LogP contribution < -0.4 is 5.32 Å². The largest absolute Gasteiger partial charge is 0.508 e. The lowest BCUT2D eigenvalue weighted by Gasteiger charge is -2.51. The van der Waals surface area contributed by atoms with Crippen LogP contribution in [0, 0.1) is 0 Å². The quantitative estimate of drug-likeness (QED) is 0.690. The fraction of sp³-hybridized carbons (Fsp3) is 0.692. The van der Waals surface area contributed by atoms with Crippen LogP contribution in [0.4, 0.5) is 4.79 Å². The molecule has 188 valence electrons. The number of likely N-dealkylation sites (tertiary alicyclic amines) is 1. The Kier molecular flexibility index (Phi) is 7.38. The molecular weight excluding hydrogens is 436 g/mol. The molecule has 8 heteroatoms. The van der Waals surface area contributed by atoms with Crippen LogP contribution in [0.2, 0.25) is 0 Å². The van der Waals surface area contributed by atoms with Gasteiger partial charge in [0.1, 0.15) is 18.0 Å². The fourth-order valence-corrected chi connectivity index (χ4v) is 5.53. The number of rotatable bonds is 4. The Labute approximate surface area is 201 Å². The van der Waals surface area contributed by atoms with Gasteiger partial charge in [0, 0.05) is 6.54 Å². The Morgan fingerprint density at radius 2 is 2.03 bits per heavy atom. The third kappa shape index (κ3) is 5.84. The van der Waals surface area contributed by atoms with E-state index in [0.29, 0.717) is 31.4 Å². The second-order valence-electron chi connectivity index (χ2n) is 10.9. The first-order valence-corrected chi connectivity index (χ1v) is 12.4. The molecule has 1 saturated carbocycles. The topological polar surface area (TPSA) is 97.3 Å². The molecule has 0 unspecified atom stereocenters. The van der Waals surface area contributed by atoms with Crippen molar-refractivity contribution in [2.45, 2.75) is 88.5 Å². The molecule has 2 saturated heterocycles. The van der Waals surface area contributed by atoms with Crippen molar-refractivity contribution in [3.8, 4) is 5.75 Å². The number of nitrogens with one attached hydrogen (secondary N) is 1. The standard InChI is InChI=1S/C26H38N2O6/c1-25(2,3)34-24(31)28-13-5-12-26(17-32-16-23(30)27-26)22(28)15-33-21-10-8-18(9-11-21)19-6-4-7-20(29)14-19/h4,6-7,14,18,21-22,29H,5,8-13,15-17H2,1-3H3,(H,27,30)/t18?,21?,22-,26+/m0/s1. The molecule has 1 aromatic rings. The van der Waals surface area contributed by atoms with Crippen molar-refractivity contribution in [2.24, 2.45) is 0 Å². The molecule has 2 atom stereocenters. The number of phenols is 1. The van der Waals surface area contributed by atoms with Crippen LogP contribution in [0.1, 0.15) is 70.8 Å². The maximum atomic E-state index is 13.1. The first kappa shape index (κ1) is 24.8. The molecule has 0 aromatic heterocycles. The number of hydrogen-bond donors (Lipinski definition) is 2. The van der Waals surface area contributed by atoms with Crippen molar-refractivity contribution in [3.63, 3.8) is 0 Å². The summed E-state index contributed by atoms with van der Waals surface area (Å²) in [6.45, 7) is 6.85. The summed E-state index contributed by atoms with van der Waals surface area (Å²) in [5.41, 5.74) is -0.102. The second-order valence-corrected chi connectivity index (χ2v) is 10.9. The van der Waals surface area contributed by atoms with Crippen LogP contribution in [-0.4, -0.2) is 71.7 Å². The number of carbonyl (C=O) groups is 2. The number of aromatic hydroxyl groups is 1. The van der Waals surface area contributed by atoms with Gasteiger partial charge in [-0.15, -0.1) is 0 Å². The van der Waals surface area contributed by atoms with Crippen LogP contribution >= 0.6 is 0 Å². The van der Waals surface area contributed by atoms with E-state index in [1.54, 1.807) is 11.0 Å². The van der Waals surface area contributed by atoms with Crippen molar-refractivity contribution in [3.05, 3.63) is 29.8 Å². The van der Waals surface area contributed by atoms with Crippen LogP contribution in [0.3, 0.4) is 0 Å². The van der Waals surface area contributed by atoms with Gasteiger partial charge in [0.15, 0.2) is 0 Å². The Balaban J connectivity index is 1.42. The van der Waals surface area contributed by atoms with E-state index < -0.39 is 11.1 Å². The first-order valence-electron chi connectivity index (χ1n) is 12.4. The highest BCUT2D eigenvalue weighted by Crippen LogP contribution is 2.37. The maximum Gasteiger partial charge on any atom is 0.410 e. The number of piperidine rings is 1. The lowest BCUT2D eigenvalue weighted by molar-refractivity contribution is -0.144. The lowest BCUT2D eigenvalue weighted by Crippen LogP contribution is -2.72. The molecule has 2 heterocycles. The fourth-order valence-electron chi connectivity index (χ4n) is 5.53. The van der Waals surface area contributed by atoms with Crippen LogP contribution in [0.15, 0.2) is 24.3 Å². The minimum atomic E-state index is -0.663. The number of amides is 2. The van der Waals surface area contributed by atoms with Gasteiger partial charge in [-0.05, 0) is 82.9 Å². The van der Waals surface area contributed by atoms with Crippen molar-refractivity contribution in [1.82, 2.24) is 10.2 Å². The number of benzene rings is 1. The highest BCUT2D eigenvalue weighted by atomic mass is 16.6. The Bertz CT molecular complexity index is 872. The monoisotopic (exact) mass is 474 g/mol. The van der Waals surface area contributed by atoms with Crippen LogP contribution in [0.25, 0.3) is 0 Å². The SMILES string of the molecule is CC(C)(C)OC(=O)N1CCC[C@@]2(COCC(=O)N2)[C@@H]1COC1CCC(c2cccc(O)c2)CC1. The smallest absolute Gasteiger partial charge is 0.410 e. The van der Waals surface area contributed by atoms with Gasteiger partial charge in [-0.1, -0.05) is 12.1 Å². The summed E-state index contributed by atoms with van der Waals surface area (Å²) in [6, 6.07) is 7.15. The van der Waals surface area contributed by atoms with Crippen molar-refractivity contribution in [1.29, 1.82) is 0 Å². The van der Waals surface area contributed by atoms with Crippen molar-refractivity contribution < 1.29 is 28.9 Å². The molecule has 2 aliphatic heterocycles. The minimum absolute atomic E-state index is 0.0425. The number of carbonyl (C=O) groups excluding carboxylic acids is 2. The van der Waals surface area contributed by atoms with Crippen LogP contribution in [-0.2, 0) is 19.0 Å². The van der Waals surface area contributed by atoms with Gasteiger partial charge in [-0.2, -0.15) is 0 Å². The molecule has 1 aliphatic carbocycles. The van der Waals surface area contributed by atoms with Gasteiger partial charge in [-0.25, -0.2) is 4.79 Å². The molecule has 2 N–H and O–H groups in total. The van der Waals surface area contributed by atoms with Gasteiger partial charge in [-0.3, -0.25) is 4.79 Å². The minimum Gasteiger partial charge on any atom is -0.508 e. The van der Waals surface area contributed by atoms with Gasteiger partial charge >= 0.3 is 6.09 Å². The summed E-state index contributed by atoms with van der Waals surface area (Å²) in [5, 5.41) is 12.9. The zero-order chi connectivity index (χ0) is 24.3. The number of hydrogen-bond acceptors (Lipinski definition) is 6. The van der Waals surface area contributed by atoms with Gasteiger partial charge in [0.25, 0.3) is 0 Å². The van der Waals surface area contributed by atoms with E-state index in [9.17, 15) is 14.7 Å². The molecule has 34 heavy (non-hydrogen) atoms. The zero-order valence-corrected chi connectivity index (χ0v) is 20.5. The third-order valence-electron chi connectivity index (χ3n) is 7.15. The molecule has 3 fully saturated rings. The number of phenolic OH excluding ortho intramolecular Hbond substituents is 1. The van der Waals surface area contributed by atoms with E-state index in [1.807, 2.05) is 32.9 Å². The van der Waals surface area contributed by atoms with Crippen LogP contribution in [0.5, 0.6) is 5.75 Å². The normalized spacial score (nSPS) is 30.1. The average Bonchev–Trinajstić information content (AvgIpc) is 2.77. The molecule has 2 amide bonds. The van der Waals surface area contributed by atoms with E-state index in [1.165, 1.54) is 5.56 Å². The highest BCUT2D eigenvalue weighted by molar-refractivity contribution is 5.79. The second kappa shape index (κ2) is 10.1. The van der Waals surface area contributed by atoms with Crippen molar-refractivity contribution >= 4 is 12.0 Å². The van der Waals surface area contributed by atoms with E-state index in [0.717, 1.165) is 38.5 Å². The zero-order valence-electron chi connectivity index (χ0n) is 20.5. The van der Waals surface area contributed by atoms with E-state index in [4.69, 9.17) is 14.2 Å². The summed E-state index contributed by atoms with van der Waals surface area (Å²) in [5.74, 6) is 0.559. The van der Waals surface area contributed by atoms with E-state index in [2.05, 4.69) is 11.4 Å². The summed E-state index contributed by atoms with van der Waals surface area (Å²) in [6.07, 6.45) is 5.00. The average molecular weight is 475 g/mol. The number of ether oxygens (including phenoxy) is 3. The van der Waals surface area contributed by atoms with Gasteiger partial charge < -0.3 is 29.5 Å². The summed E-state index contributed by atoms with van der Waals surface area (Å²) in [7, 11) is 0. The maximum absolute atomic E-state index is 13.1. The molecule has 0 radical (unpaired) electrons. The van der Waals surface area contributed by atoms with Gasteiger partial charge in [0.05, 0.1) is 30.9 Å². The lowest BCUT2D eigenvalue weighted by atomic mass is 9.80. The van der Waals surface area contributed by atoms with Gasteiger partial charge in [0.2, 0.25) is 5.91 Å². The molecule has 4 rings (SSSR count). The predicted molar refractivity (Wildman–Crippen MR) is 127 cm³/mol. The molecule has 1 spiro atoms. The molecular formula is C26H38N2O6. The molecule has 0 bridgehead atoms. The highest BCUT2D eigenvalue weighted by Gasteiger charge is 2.50. The summed E-state index contributed by atoms with van der Waals surface area (Å²) in [4.78, 5) is 27.1. The third-order valence-corrected chi connectivity index (χ3v) is 7.15. The number of morpholine rings is 1. The molecule has 3 aliphatic rings. The first-order chi connectivity index (χ1) is 16.2. The van der Waals surface area contributed by atoms with E-state index >= 15 is 0 Å². The Hall–Kier alpha value is -2.32. The Morgan fingerprint density at radius 3 is 2.71 bits per heavy atom. The molecule has 1 aromatic carbocycles. The molecule has 8 nitrogen and oxygen atoms in total. The summed E-state index contributed by atoms with van der Waals surface area (Å²) < 4.78 is 17.7. The van der Waals surface area contributed by atoms with Crippen molar-refractivity contribution in [2.75, 3.05) is 26.4 Å². The van der Waals surface area contributed by atoms with E-state index in [-0.39, 0.29) is 30.8 Å². The Morgan fingerprint density at radius 1 is 1.26 bits per heavy atom. The predicted octanol–water partition coefficient (Wildman–Crippen LogP) is 3.72.